The van der Waals surface area contributed by atoms with Crippen molar-refractivity contribution in [2.45, 2.75) is 13.0 Å². The molecule has 2 aromatic rings. The van der Waals surface area contributed by atoms with Gasteiger partial charge in [-0.3, -0.25) is 9.89 Å². The minimum absolute atomic E-state index is 0.108. The minimum atomic E-state index is -0.416. The van der Waals surface area contributed by atoms with Gasteiger partial charge in [0.05, 0.1) is 18.7 Å². The summed E-state index contributed by atoms with van der Waals surface area (Å²) in [5, 5.41) is 18.8. The largest absolute Gasteiger partial charge is 0.507 e. The Morgan fingerprint density at radius 2 is 2.32 bits per heavy atom. The molecule has 0 aliphatic heterocycles. The van der Waals surface area contributed by atoms with Gasteiger partial charge in [-0.05, 0) is 25.1 Å². The molecule has 3 N–H and O–H groups in total. The van der Waals surface area contributed by atoms with Crippen LogP contribution in [0.25, 0.3) is 0 Å². The summed E-state index contributed by atoms with van der Waals surface area (Å²) in [5.74, 6) is 0.509. The van der Waals surface area contributed by atoms with Crippen LogP contribution >= 0.6 is 0 Å². The Morgan fingerprint density at radius 3 is 2.95 bits per heavy atom. The lowest BCUT2D eigenvalue weighted by Gasteiger charge is -2.12. The number of carbonyl (C=O) groups is 1. The van der Waals surface area contributed by atoms with Crippen LogP contribution < -0.4 is 10.1 Å². The average molecular weight is 262 g/mol. The standard InChI is InChI=1S/C12H14N4O3/c1-7(11-13-6-14-16-11)15-12(18)9-5-8(19-2)3-4-10(9)17/h3-7,17H,1-2H3,(H,15,18)(H,13,14,16). The van der Waals surface area contributed by atoms with Crippen molar-refractivity contribution in [1.82, 2.24) is 20.5 Å². The van der Waals surface area contributed by atoms with E-state index >= 15 is 0 Å². The van der Waals surface area contributed by atoms with E-state index in [1.54, 1.807) is 13.0 Å². The summed E-state index contributed by atoms with van der Waals surface area (Å²) in [6, 6.07) is 4.11. The third-order valence-electron chi connectivity index (χ3n) is 2.64. The number of hydrogen-bond acceptors (Lipinski definition) is 5. The topological polar surface area (TPSA) is 100 Å². The van der Waals surface area contributed by atoms with Gasteiger partial charge in [0, 0.05) is 0 Å². The van der Waals surface area contributed by atoms with Crippen LogP contribution in [-0.4, -0.2) is 33.3 Å². The van der Waals surface area contributed by atoms with Gasteiger partial charge in [0.2, 0.25) is 0 Å². The molecule has 1 aromatic carbocycles. The fraction of sp³-hybridized carbons (Fsp3) is 0.250. The number of carbonyl (C=O) groups excluding carboxylic acids is 1. The number of aromatic hydroxyl groups is 1. The zero-order valence-electron chi connectivity index (χ0n) is 10.5. The summed E-state index contributed by atoms with van der Waals surface area (Å²) < 4.78 is 5.02. The Labute approximate surface area is 109 Å². The lowest BCUT2D eigenvalue weighted by molar-refractivity contribution is 0.0935. The number of aromatic amines is 1. The SMILES string of the molecule is COc1ccc(O)c(C(=O)NC(C)c2ncn[nH]2)c1. The Kier molecular flexibility index (Phi) is 3.65. The molecule has 0 spiro atoms. The predicted molar refractivity (Wildman–Crippen MR) is 66.9 cm³/mol. The number of nitrogens with zero attached hydrogens (tertiary/aromatic N) is 2. The molecule has 19 heavy (non-hydrogen) atoms. The summed E-state index contributed by atoms with van der Waals surface area (Å²) in [4.78, 5) is 16.0. The predicted octanol–water partition coefficient (Wildman–Crippen LogP) is 1.01. The smallest absolute Gasteiger partial charge is 0.255 e. The van der Waals surface area contributed by atoms with E-state index < -0.39 is 5.91 Å². The number of phenols is 1. The number of H-pyrrole nitrogens is 1. The number of ether oxygens (including phenoxy) is 1. The Bertz CT molecular complexity index is 568. The average Bonchev–Trinajstić information content (AvgIpc) is 2.93. The van der Waals surface area contributed by atoms with Gasteiger partial charge in [-0.15, -0.1) is 0 Å². The number of rotatable bonds is 4. The van der Waals surface area contributed by atoms with E-state index in [1.807, 2.05) is 0 Å². The molecule has 7 heteroatoms. The van der Waals surface area contributed by atoms with E-state index in [2.05, 4.69) is 20.5 Å². The van der Waals surface area contributed by atoms with Gasteiger partial charge in [0.15, 0.2) is 0 Å². The molecular formula is C12H14N4O3. The molecule has 0 bridgehead atoms. The second-order valence-electron chi connectivity index (χ2n) is 3.95. The van der Waals surface area contributed by atoms with Gasteiger partial charge >= 0.3 is 0 Å². The number of amides is 1. The summed E-state index contributed by atoms with van der Waals surface area (Å²) in [7, 11) is 1.49. The van der Waals surface area contributed by atoms with Crippen molar-refractivity contribution in [3.05, 3.63) is 35.9 Å². The monoisotopic (exact) mass is 262 g/mol. The van der Waals surface area contributed by atoms with Gasteiger partial charge in [-0.2, -0.15) is 5.10 Å². The van der Waals surface area contributed by atoms with E-state index in [4.69, 9.17) is 4.74 Å². The molecule has 0 saturated carbocycles. The number of benzene rings is 1. The van der Waals surface area contributed by atoms with Gasteiger partial charge in [0.25, 0.3) is 5.91 Å². The number of methoxy groups -OCH3 is 1. The first-order valence-electron chi connectivity index (χ1n) is 5.65. The number of nitrogens with one attached hydrogen (secondary N) is 2. The van der Waals surface area contributed by atoms with Crippen LogP contribution in [0.4, 0.5) is 0 Å². The molecule has 2 rings (SSSR count). The molecule has 1 aromatic heterocycles. The molecule has 1 unspecified atom stereocenters. The summed E-state index contributed by atoms with van der Waals surface area (Å²) >= 11 is 0. The summed E-state index contributed by atoms with van der Waals surface area (Å²) in [6.07, 6.45) is 1.36. The first-order valence-corrected chi connectivity index (χ1v) is 5.65. The van der Waals surface area contributed by atoms with Crippen LogP contribution in [0.2, 0.25) is 0 Å². The van der Waals surface area contributed by atoms with Crippen LogP contribution in [0.5, 0.6) is 11.5 Å². The van der Waals surface area contributed by atoms with E-state index in [0.717, 1.165) is 0 Å². The molecule has 1 atom stereocenters. The van der Waals surface area contributed by atoms with Gasteiger partial charge < -0.3 is 15.2 Å². The number of aromatic nitrogens is 3. The number of hydrogen-bond donors (Lipinski definition) is 3. The third-order valence-corrected chi connectivity index (χ3v) is 2.64. The highest BCUT2D eigenvalue weighted by Gasteiger charge is 2.17. The van der Waals surface area contributed by atoms with Gasteiger partial charge in [0.1, 0.15) is 23.7 Å². The molecule has 0 saturated heterocycles. The van der Waals surface area contributed by atoms with E-state index in [1.165, 1.54) is 25.6 Å². The maximum Gasteiger partial charge on any atom is 0.255 e. The molecule has 100 valence electrons. The zero-order valence-corrected chi connectivity index (χ0v) is 10.5. The van der Waals surface area contributed by atoms with Crippen LogP contribution in [0.15, 0.2) is 24.5 Å². The van der Waals surface area contributed by atoms with Crippen molar-refractivity contribution in [1.29, 1.82) is 0 Å². The van der Waals surface area contributed by atoms with Gasteiger partial charge in [-0.1, -0.05) is 0 Å². The first kappa shape index (κ1) is 12.9. The van der Waals surface area contributed by atoms with Gasteiger partial charge in [-0.25, -0.2) is 4.98 Å². The highest BCUT2D eigenvalue weighted by atomic mass is 16.5. The van der Waals surface area contributed by atoms with Crippen LogP contribution in [0, 0.1) is 0 Å². The van der Waals surface area contributed by atoms with Crippen molar-refractivity contribution in [3.63, 3.8) is 0 Å². The summed E-state index contributed by atoms with van der Waals surface area (Å²) in [5.41, 5.74) is 0.144. The minimum Gasteiger partial charge on any atom is -0.507 e. The molecule has 0 fully saturated rings. The fourth-order valence-electron chi connectivity index (χ4n) is 1.59. The molecule has 1 heterocycles. The highest BCUT2D eigenvalue weighted by molar-refractivity contribution is 5.97. The second kappa shape index (κ2) is 5.38. The first-order chi connectivity index (χ1) is 9.11. The fourth-order valence-corrected chi connectivity index (χ4v) is 1.59. The van der Waals surface area contributed by atoms with Crippen molar-refractivity contribution < 1.29 is 14.6 Å². The lowest BCUT2D eigenvalue weighted by Crippen LogP contribution is -2.27. The maximum absolute atomic E-state index is 12.1. The van der Waals surface area contributed by atoms with Crippen molar-refractivity contribution in [3.8, 4) is 11.5 Å². The maximum atomic E-state index is 12.1. The summed E-state index contributed by atoms with van der Waals surface area (Å²) in [6.45, 7) is 1.76. The number of phenolic OH excluding ortho intramolecular Hbond substituents is 1. The molecule has 1 amide bonds. The second-order valence-corrected chi connectivity index (χ2v) is 3.95. The molecule has 0 aliphatic rings. The molecular weight excluding hydrogens is 248 g/mol. The zero-order chi connectivity index (χ0) is 13.8. The Hall–Kier alpha value is -2.57. The van der Waals surface area contributed by atoms with E-state index in [-0.39, 0.29) is 17.4 Å². The third kappa shape index (κ3) is 2.82. The van der Waals surface area contributed by atoms with Crippen molar-refractivity contribution >= 4 is 5.91 Å². The van der Waals surface area contributed by atoms with Crippen LogP contribution in [0.3, 0.4) is 0 Å². The molecule has 7 nitrogen and oxygen atoms in total. The highest BCUT2D eigenvalue weighted by Crippen LogP contribution is 2.23. The lowest BCUT2D eigenvalue weighted by atomic mass is 10.1. The van der Waals surface area contributed by atoms with Crippen LogP contribution in [0.1, 0.15) is 29.1 Å². The Balaban J connectivity index is 2.16. The quantitative estimate of drug-likeness (QED) is 0.763. The normalized spacial score (nSPS) is 11.9. The van der Waals surface area contributed by atoms with E-state index in [0.29, 0.717) is 11.6 Å². The molecule has 0 radical (unpaired) electrons. The van der Waals surface area contributed by atoms with Crippen molar-refractivity contribution in [2.75, 3.05) is 7.11 Å². The van der Waals surface area contributed by atoms with E-state index in [9.17, 15) is 9.90 Å². The van der Waals surface area contributed by atoms with Crippen molar-refractivity contribution in [2.24, 2.45) is 0 Å². The Morgan fingerprint density at radius 1 is 1.53 bits per heavy atom. The van der Waals surface area contributed by atoms with Crippen LogP contribution in [-0.2, 0) is 0 Å². The molecule has 0 aliphatic carbocycles.